The smallest absolute Gasteiger partial charge is 0.0681 e. The molecule has 1 aromatic carbocycles. The van der Waals surface area contributed by atoms with Crippen LogP contribution in [0.15, 0.2) is 24.3 Å². The Morgan fingerprint density at radius 3 is 2.65 bits per heavy atom. The number of aliphatic hydroxyl groups excluding tert-OH is 1. The first-order valence-electron chi connectivity index (χ1n) is 6.78. The molecular weight excluding hydrogens is 210 g/mol. The molecule has 0 radical (unpaired) electrons. The van der Waals surface area contributed by atoms with Gasteiger partial charge in [-0.05, 0) is 36.5 Å². The van der Waals surface area contributed by atoms with E-state index in [2.05, 4.69) is 24.4 Å². The predicted molar refractivity (Wildman–Crippen MR) is 72.0 cm³/mol. The molecule has 0 aliphatic heterocycles. The van der Waals surface area contributed by atoms with Gasteiger partial charge < -0.3 is 10.4 Å². The largest absolute Gasteiger partial charge is 0.392 e. The summed E-state index contributed by atoms with van der Waals surface area (Å²) in [5.41, 5.74) is 2.16. The highest BCUT2D eigenvalue weighted by atomic mass is 16.3. The Labute approximate surface area is 104 Å². The molecule has 17 heavy (non-hydrogen) atoms. The van der Waals surface area contributed by atoms with Crippen LogP contribution in [-0.2, 0) is 6.61 Å². The van der Waals surface area contributed by atoms with Crippen LogP contribution in [0.2, 0.25) is 0 Å². The lowest BCUT2D eigenvalue weighted by atomic mass is 9.84. The topological polar surface area (TPSA) is 32.3 Å². The van der Waals surface area contributed by atoms with Crippen LogP contribution in [0.5, 0.6) is 0 Å². The van der Waals surface area contributed by atoms with Gasteiger partial charge in [-0.3, -0.25) is 0 Å². The maximum Gasteiger partial charge on any atom is 0.0681 e. The van der Waals surface area contributed by atoms with Crippen molar-refractivity contribution in [3.63, 3.8) is 0 Å². The van der Waals surface area contributed by atoms with E-state index < -0.39 is 0 Å². The first kappa shape index (κ1) is 12.4. The van der Waals surface area contributed by atoms with Crippen molar-refractivity contribution >= 4 is 5.69 Å². The number of rotatable bonds is 4. The first-order chi connectivity index (χ1) is 8.31. The summed E-state index contributed by atoms with van der Waals surface area (Å²) in [6.07, 6.45) is 6.65. The normalized spacial score (nSPS) is 24.6. The number of nitrogens with one attached hydrogen (secondary N) is 1. The molecule has 0 amide bonds. The van der Waals surface area contributed by atoms with E-state index in [0.717, 1.165) is 11.5 Å². The lowest BCUT2D eigenvalue weighted by Gasteiger charge is -2.29. The molecule has 0 aromatic heterocycles. The molecule has 1 aromatic rings. The highest BCUT2D eigenvalue weighted by molar-refractivity contribution is 5.45. The minimum absolute atomic E-state index is 0.127. The van der Waals surface area contributed by atoms with E-state index in [1.807, 2.05) is 12.1 Å². The Bertz CT molecular complexity index is 333. The summed E-state index contributed by atoms with van der Waals surface area (Å²) >= 11 is 0. The molecule has 0 bridgehead atoms. The minimum Gasteiger partial charge on any atom is -0.392 e. The molecule has 1 fully saturated rings. The van der Waals surface area contributed by atoms with Crippen LogP contribution in [0, 0.1) is 5.92 Å². The Balaban J connectivity index is 1.90. The third-order valence-corrected chi connectivity index (χ3v) is 3.87. The van der Waals surface area contributed by atoms with E-state index >= 15 is 0 Å². The highest BCUT2D eigenvalue weighted by Crippen LogP contribution is 2.28. The number of benzene rings is 1. The van der Waals surface area contributed by atoms with E-state index in [0.29, 0.717) is 6.04 Å². The van der Waals surface area contributed by atoms with Crippen LogP contribution in [-0.4, -0.2) is 11.1 Å². The molecule has 1 saturated carbocycles. The SMILES string of the molecule is CCC1CCCC(Nc2ccc(CO)cc2)C1. The fourth-order valence-electron chi connectivity index (χ4n) is 2.73. The minimum atomic E-state index is 0.127. The zero-order chi connectivity index (χ0) is 12.1. The van der Waals surface area contributed by atoms with Gasteiger partial charge in [-0.1, -0.05) is 38.3 Å². The molecule has 1 aliphatic rings. The zero-order valence-corrected chi connectivity index (χ0v) is 10.7. The fraction of sp³-hybridized carbons (Fsp3) is 0.600. The van der Waals surface area contributed by atoms with Crippen molar-refractivity contribution in [3.8, 4) is 0 Å². The van der Waals surface area contributed by atoms with Crippen LogP contribution in [0.3, 0.4) is 0 Å². The monoisotopic (exact) mass is 233 g/mol. The van der Waals surface area contributed by atoms with Crippen molar-refractivity contribution in [2.45, 2.75) is 51.7 Å². The summed E-state index contributed by atoms with van der Waals surface area (Å²) in [6.45, 7) is 2.42. The van der Waals surface area contributed by atoms with Gasteiger partial charge in [-0.2, -0.15) is 0 Å². The molecule has 0 spiro atoms. The Morgan fingerprint density at radius 1 is 1.24 bits per heavy atom. The highest BCUT2D eigenvalue weighted by Gasteiger charge is 2.20. The van der Waals surface area contributed by atoms with Crippen LogP contribution >= 0.6 is 0 Å². The molecule has 2 atom stereocenters. The Hall–Kier alpha value is -1.02. The second-order valence-corrected chi connectivity index (χ2v) is 5.14. The molecular formula is C15H23NO. The van der Waals surface area contributed by atoms with Gasteiger partial charge in [0.25, 0.3) is 0 Å². The summed E-state index contributed by atoms with van der Waals surface area (Å²) < 4.78 is 0. The van der Waals surface area contributed by atoms with Gasteiger partial charge in [-0.25, -0.2) is 0 Å². The van der Waals surface area contributed by atoms with Gasteiger partial charge in [0.2, 0.25) is 0 Å². The van der Waals surface area contributed by atoms with Crippen LogP contribution < -0.4 is 5.32 Å². The van der Waals surface area contributed by atoms with Gasteiger partial charge in [-0.15, -0.1) is 0 Å². The summed E-state index contributed by atoms with van der Waals surface area (Å²) in [5, 5.41) is 12.6. The maximum atomic E-state index is 9.00. The molecule has 2 rings (SSSR count). The quantitative estimate of drug-likeness (QED) is 0.833. The fourth-order valence-corrected chi connectivity index (χ4v) is 2.73. The molecule has 94 valence electrons. The maximum absolute atomic E-state index is 9.00. The van der Waals surface area contributed by atoms with Crippen LogP contribution in [0.4, 0.5) is 5.69 Å². The van der Waals surface area contributed by atoms with Gasteiger partial charge in [0.15, 0.2) is 0 Å². The molecule has 2 heteroatoms. The van der Waals surface area contributed by atoms with Crippen molar-refractivity contribution in [2.75, 3.05) is 5.32 Å². The van der Waals surface area contributed by atoms with Crippen molar-refractivity contribution in [2.24, 2.45) is 5.92 Å². The first-order valence-corrected chi connectivity index (χ1v) is 6.78. The standard InChI is InChI=1S/C15H23NO/c1-2-12-4-3-5-15(10-12)16-14-8-6-13(11-17)7-9-14/h6-9,12,15-17H,2-5,10-11H2,1H3. The van der Waals surface area contributed by atoms with E-state index in [4.69, 9.17) is 5.11 Å². The van der Waals surface area contributed by atoms with Crippen molar-refractivity contribution in [1.82, 2.24) is 0 Å². The lowest BCUT2D eigenvalue weighted by molar-refractivity contribution is 0.282. The van der Waals surface area contributed by atoms with Gasteiger partial charge in [0.05, 0.1) is 6.61 Å². The Morgan fingerprint density at radius 2 is 2.00 bits per heavy atom. The molecule has 1 aliphatic carbocycles. The predicted octanol–water partition coefficient (Wildman–Crippen LogP) is 3.56. The summed E-state index contributed by atoms with van der Waals surface area (Å²) in [6, 6.07) is 8.75. The molecule has 0 saturated heterocycles. The number of hydrogen-bond acceptors (Lipinski definition) is 2. The van der Waals surface area contributed by atoms with Crippen molar-refractivity contribution < 1.29 is 5.11 Å². The molecule has 2 nitrogen and oxygen atoms in total. The Kier molecular flexibility index (Phi) is 4.43. The van der Waals surface area contributed by atoms with Crippen molar-refractivity contribution in [1.29, 1.82) is 0 Å². The van der Waals surface area contributed by atoms with Crippen molar-refractivity contribution in [3.05, 3.63) is 29.8 Å². The van der Waals surface area contributed by atoms with E-state index in [1.54, 1.807) is 0 Å². The van der Waals surface area contributed by atoms with Gasteiger partial charge >= 0.3 is 0 Å². The van der Waals surface area contributed by atoms with Gasteiger partial charge in [0.1, 0.15) is 0 Å². The van der Waals surface area contributed by atoms with Crippen LogP contribution in [0.1, 0.15) is 44.6 Å². The number of aliphatic hydroxyl groups is 1. The van der Waals surface area contributed by atoms with Crippen LogP contribution in [0.25, 0.3) is 0 Å². The summed E-state index contributed by atoms with van der Waals surface area (Å²) in [5.74, 6) is 0.901. The second-order valence-electron chi connectivity index (χ2n) is 5.14. The molecule has 2 N–H and O–H groups in total. The van der Waals surface area contributed by atoms with Gasteiger partial charge in [0, 0.05) is 11.7 Å². The average Bonchev–Trinajstić information content (AvgIpc) is 2.40. The van der Waals surface area contributed by atoms with E-state index in [9.17, 15) is 0 Å². The summed E-state index contributed by atoms with van der Waals surface area (Å²) in [4.78, 5) is 0. The third kappa shape index (κ3) is 3.47. The third-order valence-electron chi connectivity index (χ3n) is 3.87. The molecule has 2 unspecified atom stereocenters. The van der Waals surface area contributed by atoms with E-state index in [-0.39, 0.29) is 6.61 Å². The van der Waals surface area contributed by atoms with E-state index in [1.165, 1.54) is 37.8 Å². The lowest BCUT2D eigenvalue weighted by Crippen LogP contribution is -2.27. The molecule has 0 heterocycles. The zero-order valence-electron chi connectivity index (χ0n) is 10.7. The average molecular weight is 233 g/mol. The second kappa shape index (κ2) is 6.06. The summed E-state index contributed by atoms with van der Waals surface area (Å²) in [7, 11) is 0. The number of anilines is 1. The number of hydrogen-bond donors (Lipinski definition) is 2.